The number of hydrogen-bond acceptors (Lipinski definition) is 6. The molecule has 1 aromatic heterocycles. The molecule has 158 valence electrons. The number of ether oxygens (including phenoxy) is 1. The number of benzene rings is 3. The average molecular weight is 439 g/mol. The van der Waals surface area contributed by atoms with Crippen LogP contribution in [0.1, 0.15) is 5.56 Å². The molecule has 9 heteroatoms. The Labute approximate surface area is 178 Å². The van der Waals surface area contributed by atoms with Crippen molar-refractivity contribution in [3.05, 3.63) is 84.2 Å². The van der Waals surface area contributed by atoms with E-state index in [1.165, 1.54) is 30.3 Å². The zero-order valence-corrected chi connectivity index (χ0v) is 17.3. The summed E-state index contributed by atoms with van der Waals surface area (Å²) in [5.41, 5.74) is 1.60. The van der Waals surface area contributed by atoms with E-state index >= 15 is 0 Å². The molecule has 3 aromatic carbocycles. The van der Waals surface area contributed by atoms with Gasteiger partial charge in [0.1, 0.15) is 11.6 Å². The van der Waals surface area contributed by atoms with Crippen molar-refractivity contribution in [1.82, 2.24) is 14.9 Å². The van der Waals surface area contributed by atoms with E-state index in [0.717, 1.165) is 5.56 Å². The molecule has 0 atom stereocenters. The average Bonchev–Trinajstić information content (AvgIpc) is 3.29. The molecule has 31 heavy (non-hydrogen) atoms. The third-order valence-electron chi connectivity index (χ3n) is 4.56. The number of sulfonamides is 1. The Balaban J connectivity index is 1.59. The minimum Gasteiger partial charge on any atom is -0.497 e. The van der Waals surface area contributed by atoms with Crippen molar-refractivity contribution in [2.24, 2.45) is 0 Å². The van der Waals surface area contributed by atoms with E-state index in [0.29, 0.717) is 11.3 Å². The molecule has 4 aromatic rings. The summed E-state index contributed by atoms with van der Waals surface area (Å²) in [6.45, 7) is 0.103. The number of nitrogens with zero attached hydrogens (tertiary/aromatic N) is 2. The smallest absolute Gasteiger partial charge is 0.259 e. The SMILES string of the molecule is COc1ccc(CNS(=O)(=O)c2ccccc2-c2nc(-c3ccc(F)cc3)no2)cc1. The zero-order valence-electron chi connectivity index (χ0n) is 16.4. The summed E-state index contributed by atoms with van der Waals surface area (Å²) in [4.78, 5) is 4.30. The molecule has 0 amide bonds. The summed E-state index contributed by atoms with van der Waals surface area (Å²) in [5.74, 6) is 0.579. The lowest BCUT2D eigenvalue weighted by Crippen LogP contribution is -2.23. The van der Waals surface area contributed by atoms with Crippen LogP contribution < -0.4 is 9.46 Å². The number of hydrogen-bond donors (Lipinski definition) is 1. The zero-order chi connectivity index (χ0) is 21.8. The molecule has 4 rings (SSSR count). The monoisotopic (exact) mass is 439 g/mol. The lowest BCUT2D eigenvalue weighted by atomic mass is 10.2. The van der Waals surface area contributed by atoms with Crippen LogP contribution in [0.4, 0.5) is 4.39 Å². The lowest BCUT2D eigenvalue weighted by molar-refractivity contribution is 0.414. The minimum atomic E-state index is -3.87. The highest BCUT2D eigenvalue weighted by Crippen LogP contribution is 2.28. The standard InChI is InChI=1S/C22H18FN3O4S/c1-29-18-12-6-15(7-13-18)14-24-31(27,28)20-5-3-2-4-19(20)22-25-21(26-30-22)16-8-10-17(23)11-9-16/h2-13,24H,14H2,1H3. The molecule has 0 aliphatic heterocycles. The highest BCUT2D eigenvalue weighted by atomic mass is 32.2. The maximum atomic E-state index is 13.1. The molecule has 7 nitrogen and oxygen atoms in total. The highest BCUT2D eigenvalue weighted by Gasteiger charge is 2.22. The van der Waals surface area contributed by atoms with Gasteiger partial charge in [-0.05, 0) is 54.1 Å². The van der Waals surface area contributed by atoms with Crippen molar-refractivity contribution < 1.29 is 22.1 Å². The van der Waals surface area contributed by atoms with Gasteiger partial charge in [0.2, 0.25) is 15.8 Å². The van der Waals surface area contributed by atoms with Crippen LogP contribution >= 0.6 is 0 Å². The first-order valence-corrected chi connectivity index (χ1v) is 10.8. The van der Waals surface area contributed by atoms with E-state index in [-0.39, 0.29) is 34.5 Å². The summed E-state index contributed by atoms with van der Waals surface area (Å²) in [5, 5.41) is 3.89. The van der Waals surface area contributed by atoms with Crippen molar-refractivity contribution >= 4 is 10.0 Å². The summed E-state index contributed by atoms with van der Waals surface area (Å²) in [6, 6.07) is 19.0. The minimum absolute atomic E-state index is 0.0119. The number of halogens is 1. The van der Waals surface area contributed by atoms with Gasteiger partial charge in [-0.15, -0.1) is 0 Å². The fraction of sp³-hybridized carbons (Fsp3) is 0.0909. The van der Waals surface area contributed by atoms with Gasteiger partial charge in [-0.3, -0.25) is 0 Å². The first-order valence-electron chi connectivity index (χ1n) is 9.28. The van der Waals surface area contributed by atoms with Gasteiger partial charge in [-0.2, -0.15) is 4.98 Å². The van der Waals surface area contributed by atoms with E-state index in [2.05, 4.69) is 14.9 Å². The van der Waals surface area contributed by atoms with Crippen molar-refractivity contribution in [3.8, 4) is 28.6 Å². The maximum absolute atomic E-state index is 13.1. The number of methoxy groups -OCH3 is 1. The molecule has 0 spiro atoms. The number of nitrogens with one attached hydrogen (secondary N) is 1. The third-order valence-corrected chi connectivity index (χ3v) is 6.02. The second-order valence-corrected chi connectivity index (χ2v) is 8.33. The van der Waals surface area contributed by atoms with Crippen LogP contribution in [0.2, 0.25) is 0 Å². The Morgan fingerprint density at radius 1 is 1.00 bits per heavy atom. The lowest BCUT2D eigenvalue weighted by Gasteiger charge is -2.10. The molecule has 0 radical (unpaired) electrons. The van der Waals surface area contributed by atoms with Crippen LogP contribution in [-0.4, -0.2) is 25.7 Å². The molecule has 0 fully saturated rings. The predicted octanol–water partition coefficient (Wildman–Crippen LogP) is 4.03. The predicted molar refractivity (Wildman–Crippen MR) is 112 cm³/mol. The van der Waals surface area contributed by atoms with Gasteiger partial charge in [0, 0.05) is 12.1 Å². The topological polar surface area (TPSA) is 94.3 Å². The second-order valence-electron chi connectivity index (χ2n) is 6.60. The molecule has 0 aliphatic rings. The molecule has 0 bridgehead atoms. The Kier molecular flexibility index (Phi) is 5.79. The van der Waals surface area contributed by atoms with Gasteiger partial charge >= 0.3 is 0 Å². The first-order chi connectivity index (χ1) is 15.0. The Bertz CT molecular complexity index is 1290. The largest absolute Gasteiger partial charge is 0.497 e. The van der Waals surface area contributed by atoms with Crippen LogP contribution in [0, 0.1) is 5.82 Å². The van der Waals surface area contributed by atoms with Gasteiger partial charge in [0.25, 0.3) is 5.89 Å². The van der Waals surface area contributed by atoms with Crippen molar-refractivity contribution in [2.45, 2.75) is 11.4 Å². The molecular weight excluding hydrogens is 421 g/mol. The first kappa shape index (κ1) is 20.7. The van der Waals surface area contributed by atoms with Gasteiger partial charge in [-0.1, -0.05) is 29.4 Å². The molecular formula is C22H18FN3O4S. The van der Waals surface area contributed by atoms with Crippen molar-refractivity contribution in [3.63, 3.8) is 0 Å². The van der Waals surface area contributed by atoms with Crippen LogP contribution in [0.25, 0.3) is 22.8 Å². The van der Waals surface area contributed by atoms with Gasteiger partial charge < -0.3 is 9.26 Å². The number of aromatic nitrogens is 2. The summed E-state index contributed by atoms with van der Waals surface area (Å²) in [6.07, 6.45) is 0. The van der Waals surface area contributed by atoms with E-state index in [1.54, 1.807) is 49.6 Å². The van der Waals surface area contributed by atoms with Gasteiger partial charge in [-0.25, -0.2) is 17.5 Å². The fourth-order valence-corrected chi connectivity index (χ4v) is 4.14. The Morgan fingerprint density at radius 2 is 1.71 bits per heavy atom. The van der Waals surface area contributed by atoms with E-state index in [1.807, 2.05) is 0 Å². The van der Waals surface area contributed by atoms with E-state index in [9.17, 15) is 12.8 Å². The molecule has 0 saturated heterocycles. The highest BCUT2D eigenvalue weighted by molar-refractivity contribution is 7.89. The van der Waals surface area contributed by atoms with E-state index < -0.39 is 10.0 Å². The van der Waals surface area contributed by atoms with Crippen LogP contribution in [-0.2, 0) is 16.6 Å². The Morgan fingerprint density at radius 3 is 2.42 bits per heavy atom. The quantitative estimate of drug-likeness (QED) is 0.467. The van der Waals surface area contributed by atoms with Gasteiger partial charge in [0.15, 0.2) is 0 Å². The maximum Gasteiger partial charge on any atom is 0.259 e. The molecule has 1 N–H and O–H groups in total. The summed E-state index contributed by atoms with van der Waals surface area (Å²) in [7, 11) is -2.31. The second kappa shape index (κ2) is 8.66. The van der Waals surface area contributed by atoms with Crippen LogP contribution in [0.3, 0.4) is 0 Å². The normalized spacial score (nSPS) is 11.4. The number of rotatable bonds is 7. The molecule has 1 heterocycles. The summed E-state index contributed by atoms with van der Waals surface area (Å²) < 4.78 is 52.1. The van der Waals surface area contributed by atoms with Crippen molar-refractivity contribution in [2.75, 3.05) is 7.11 Å². The van der Waals surface area contributed by atoms with Gasteiger partial charge in [0.05, 0.1) is 17.6 Å². The summed E-state index contributed by atoms with van der Waals surface area (Å²) >= 11 is 0. The third kappa shape index (κ3) is 4.62. The molecule has 0 saturated carbocycles. The van der Waals surface area contributed by atoms with E-state index in [4.69, 9.17) is 9.26 Å². The molecule has 0 aliphatic carbocycles. The van der Waals surface area contributed by atoms with Crippen LogP contribution in [0.15, 0.2) is 82.2 Å². The van der Waals surface area contributed by atoms with Crippen LogP contribution in [0.5, 0.6) is 5.75 Å². The Hall–Kier alpha value is -3.56. The molecule has 0 unspecified atom stereocenters. The fourth-order valence-electron chi connectivity index (χ4n) is 2.93. The van der Waals surface area contributed by atoms with Crippen molar-refractivity contribution in [1.29, 1.82) is 0 Å².